The highest BCUT2D eigenvalue weighted by Gasteiger charge is 2.26. The van der Waals surface area contributed by atoms with E-state index in [1.54, 1.807) is 11.8 Å². The van der Waals surface area contributed by atoms with E-state index in [0.29, 0.717) is 5.69 Å². The summed E-state index contributed by atoms with van der Waals surface area (Å²) in [6, 6.07) is 11.7. The average molecular weight is 392 g/mol. The van der Waals surface area contributed by atoms with E-state index < -0.39 is 0 Å². The molecule has 0 amide bonds. The number of benzene rings is 1. The number of rotatable bonds is 6. The van der Waals surface area contributed by atoms with Crippen molar-refractivity contribution in [1.82, 2.24) is 24.9 Å². The maximum atomic E-state index is 12.2. The van der Waals surface area contributed by atoms with E-state index in [1.165, 1.54) is 12.5 Å². The molecule has 0 N–H and O–H groups in total. The molecule has 1 saturated heterocycles. The van der Waals surface area contributed by atoms with Gasteiger partial charge in [-0.3, -0.25) is 14.7 Å². The minimum Gasteiger partial charge on any atom is -0.497 e. The van der Waals surface area contributed by atoms with Gasteiger partial charge in [0.15, 0.2) is 17.3 Å². The van der Waals surface area contributed by atoms with Gasteiger partial charge in [-0.2, -0.15) is 4.68 Å². The summed E-state index contributed by atoms with van der Waals surface area (Å²) in [6.45, 7) is 5.82. The number of carbonyl (C=O) groups excluding carboxylic acids is 1. The molecule has 1 aliphatic rings. The Morgan fingerprint density at radius 3 is 2.34 bits per heavy atom. The quantitative estimate of drug-likeness (QED) is 0.595. The van der Waals surface area contributed by atoms with Gasteiger partial charge < -0.3 is 9.64 Å². The van der Waals surface area contributed by atoms with Crippen LogP contribution in [0.15, 0.2) is 48.8 Å². The molecule has 0 bridgehead atoms. The third-order valence-corrected chi connectivity index (χ3v) is 5.12. The molecule has 3 heterocycles. The van der Waals surface area contributed by atoms with Crippen molar-refractivity contribution in [2.45, 2.75) is 13.5 Å². The number of aromatic nitrogens is 4. The Morgan fingerprint density at radius 1 is 1.03 bits per heavy atom. The van der Waals surface area contributed by atoms with Crippen LogP contribution in [0.4, 0.5) is 5.82 Å². The van der Waals surface area contributed by atoms with Crippen LogP contribution < -0.4 is 9.64 Å². The molecule has 3 aromatic rings. The lowest BCUT2D eigenvalue weighted by Crippen LogP contribution is -2.47. The Balaban J connectivity index is 1.54. The number of hydrogen-bond donors (Lipinski definition) is 0. The molecule has 1 fully saturated rings. The van der Waals surface area contributed by atoms with E-state index >= 15 is 0 Å². The fraction of sp³-hybridized carbons (Fsp3) is 0.333. The number of ketones is 1. The van der Waals surface area contributed by atoms with Crippen LogP contribution in [0.5, 0.6) is 5.75 Å². The largest absolute Gasteiger partial charge is 0.497 e. The first kappa shape index (κ1) is 19.1. The van der Waals surface area contributed by atoms with Crippen molar-refractivity contribution < 1.29 is 9.53 Å². The van der Waals surface area contributed by atoms with Crippen molar-refractivity contribution in [3.8, 4) is 11.4 Å². The summed E-state index contributed by atoms with van der Waals surface area (Å²) in [5.74, 6) is 1.44. The van der Waals surface area contributed by atoms with Gasteiger partial charge in [0.25, 0.3) is 0 Å². The summed E-state index contributed by atoms with van der Waals surface area (Å²) in [6.07, 6.45) is 3.65. The topological polar surface area (TPSA) is 76.4 Å². The molecular weight excluding hydrogens is 368 g/mol. The standard InChI is InChI=1S/C21H24N6O2/c1-16(28)20-21(27(24-23-20)18-3-5-19(29-2)6-4-18)26-13-11-25(12-14-26)15-17-7-9-22-10-8-17/h3-10H,11-15H2,1-2H3. The molecule has 8 heteroatoms. The lowest BCUT2D eigenvalue weighted by atomic mass is 10.2. The number of pyridine rings is 1. The van der Waals surface area contributed by atoms with Gasteiger partial charge in [0.1, 0.15) is 5.75 Å². The zero-order valence-electron chi connectivity index (χ0n) is 16.7. The Hall–Kier alpha value is -3.26. The van der Waals surface area contributed by atoms with E-state index in [4.69, 9.17) is 4.74 Å². The van der Waals surface area contributed by atoms with Gasteiger partial charge in [-0.15, -0.1) is 5.10 Å². The fourth-order valence-corrected chi connectivity index (χ4v) is 3.55. The van der Waals surface area contributed by atoms with E-state index in [9.17, 15) is 4.79 Å². The molecule has 0 unspecified atom stereocenters. The van der Waals surface area contributed by atoms with Crippen LogP contribution in [0.2, 0.25) is 0 Å². The van der Waals surface area contributed by atoms with E-state index in [0.717, 1.165) is 50.0 Å². The van der Waals surface area contributed by atoms with Crippen molar-refractivity contribution in [3.05, 3.63) is 60.0 Å². The number of methoxy groups -OCH3 is 1. The highest BCUT2D eigenvalue weighted by molar-refractivity contribution is 5.97. The fourth-order valence-electron chi connectivity index (χ4n) is 3.55. The SMILES string of the molecule is COc1ccc(-n2nnc(C(C)=O)c2N2CCN(Cc3ccncc3)CC2)cc1. The Morgan fingerprint density at radius 2 is 1.72 bits per heavy atom. The van der Waals surface area contributed by atoms with Gasteiger partial charge in [0.05, 0.1) is 12.8 Å². The van der Waals surface area contributed by atoms with Gasteiger partial charge in [0, 0.05) is 52.0 Å². The van der Waals surface area contributed by atoms with E-state index in [2.05, 4.69) is 25.1 Å². The van der Waals surface area contributed by atoms with Gasteiger partial charge in [-0.05, 0) is 42.0 Å². The molecule has 8 nitrogen and oxygen atoms in total. The molecule has 0 spiro atoms. The van der Waals surface area contributed by atoms with Gasteiger partial charge in [0.2, 0.25) is 0 Å². The lowest BCUT2D eigenvalue weighted by molar-refractivity contribution is 0.101. The third kappa shape index (κ3) is 4.12. The molecule has 4 rings (SSSR count). The van der Waals surface area contributed by atoms with Crippen LogP contribution >= 0.6 is 0 Å². The molecule has 0 aliphatic carbocycles. The highest BCUT2D eigenvalue weighted by atomic mass is 16.5. The third-order valence-electron chi connectivity index (χ3n) is 5.12. The van der Waals surface area contributed by atoms with Crippen molar-refractivity contribution in [1.29, 1.82) is 0 Å². The number of ether oxygens (including phenoxy) is 1. The molecule has 2 aromatic heterocycles. The summed E-state index contributed by atoms with van der Waals surface area (Å²) < 4.78 is 6.98. The molecule has 1 aliphatic heterocycles. The average Bonchev–Trinajstić information content (AvgIpc) is 3.21. The monoisotopic (exact) mass is 392 g/mol. The number of anilines is 1. The molecular formula is C21H24N6O2. The van der Waals surface area contributed by atoms with Crippen molar-refractivity contribution >= 4 is 11.6 Å². The van der Waals surface area contributed by atoms with Crippen molar-refractivity contribution in [2.24, 2.45) is 0 Å². The Kier molecular flexibility index (Phi) is 5.53. The number of Topliss-reactive ketones (excluding diaryl/α,β-unsaturated/α-hetero) is 1. The van der Waals surface area contributed by atoms with Crippen LogP contribution in [-0.4, -0.2) is 63.9 Å². The number of piperazine rings is 1. The van der Waals surface area contributed by atoms with Gasteiger partial charge in [-0.1, -0.05) is 5.21 Å². The minimum absolute atomic E-state index is 0.0843. The first-order chi connectivity index (χ1) is 14.2. The summed E-state index contributed by atoms with van der Waals surface area (Å²) >= 11 is 0. The van der Waals surface area contributed by atoms with Crippen LogP contribution in [0.3, 0.4) is 0 Å². The molecule has 1 aromatic carbocycles. The molecule has 0 atom stereocenters. The zero-order chi connectivity index (χ0) is 20.2. The van der Waals surface area contributed by atoms with Crippen LogP contribution in [-0.2, 0) is 6.54 Å². The maximum Gasteiger partial charge on any atom is 0.183 e. The smallest absolute Gasteiger partial charge is 0.183 e. The number of hydrogen-bond acceptors (Lipinski definition) is 7. The van der Waals surface area contributed by atoms with Crippen molar-refractivity contribution in [2.75, 3.05) is 38.2 Å². The van der Waals surface area contributed by atoms with Gasteiger partial charge in [-0.25, -0.2) is 0 Å². The summed E-state index contributed by atoms with van der Waals surface area (Å²) in [5.41, 5.74) is 2.51. The predicted molar refractivity (Wildman–Crippen MR) is 110 cm³/mol. The second kappa shape index (κ2) is 8.40. The molecule has 150 valence electrons. The highest BCUT2D eigenvalue weighted by Crippen LogP contribution is 2.26. The first-order valence-corrected chi connectivity index (χ1v) is 9.63. The number of nitrogens with zero attached hydrogens (tertiary/aromatic N) is 6. The van der Waals surface area contributed by atoms with E-state index in [1.807, 2.05) is 48.8 Å². The first-order valence-electron chi connectivity index (χ1n) is 9.63. The van der Waals surface area contributed by atoms with Crippen LogP contribution in [0, 0.1) is 0 Å². The zero-order valence-corrected chi connectivity index (χ0v) is 16.7. The van der Waals surface area contributed by atoms with E-state index in [-0.39, 0.29) is 5.78 Å². The van der Waals surface area contributed by atoms with Crippen LogP contribution in [0.25, 0.3) is 5.69 Å². The normalized spacial score (nSPS) is 14.8. The summed E-state index contributed by atoms with van der Waals surface area (Å²) in [4.78, 5) is 20.9. The molecule has 0 radical (unpaired) electrons. The minimum atomic E-state index is -0.0843. The Bertz CT molecular complexity index is 963. The Labute approximate surface area is 169 Å². The summed E-state index contributed by atoms with van der Waals surface area (Å²) in [5, 5.41) is 8.43. The van der Waals surface area contributed by atoms with Crippen molar-refractivity contribution in [3.63, 3.8) is 0 Å². The number of carbonyl (C=O) groups is 1. The van der Waals surface area contributed by atoms with Gasteiger partial charge >= 0.3 is 0 Å². The molecule has 0 saturated carbocycles. The summed E-state index contributed by atoms with van der Waals surface area (Å²) in [7, 11) is 1.63. The lowest BCUT2D eigenvalue weighted by Gasteiger charge is -2.36. The second-order valence-corrected chi connectivity index (χ2v) is 7.05. The van der Waals surface area contributed by atoms with Crippen LogP contribution in [0.1, 0.15) is 23.0 Å². The second-order valence-electron chi connectivity index (χ2n) is 7.05. The maximum absolute atomic E-state index is 12.2. The molecule has 29 heavy (non-hydrogen) atoms. The predicted octanol–water partition coefficient (Wildman–Crippen LogP) is 2.20.